The number of carboxylic acid groups (broad SMARTS) is 1. The zero-order valence-corrected chi connectivity index (χ0v) is 20.0. The van der Waals surface area contributed by atoms with Crippen LogP contribution in [0.2, 0.25) is 0 Å². The van der Waals surface area contributed by atoms with Crippen LogP contribution in [0.3, 0.4) is 0 Å². The van der Waals surface area contributed by atoms with Gasteiger partial charge in [-0.1, -0.05) is 19.1 Å². The maximum atomic E-state index is 11.3. The molecule has 34 heavy (non-hydrogen) atoms. The molecule has 1 saturated carbocycles. The third kappa shape index (κ3) is 5.52. The van der Waals surface area contributed by atoms with Crippen LogP contribution in [0.15, 0.2) is 18.5 Å². The van der Waals surface area contributed by atoms with Gasteiger partial charge < -0.3 is 14.6 Å². The number of hydrogen-bond donors (Lipinski definition) is 1. The number of carbonyl (C=O) groups is 1. The SMILES string of the molecule is Cc1nc(-c2nnn(C)c2COc2ncn(CC(C)C)n2)ccc1O[C@H]1CCC[C@H](C(=O)O)C1. The average Bonchev–Trinajstić information content (AvgIpc) is 3.39. The van der Waals surface area contributed by atoms with Gasteiger partial charge in [0.15, 0.2) is 0 Å². The van der Waals surface area contributed by atoms with E-state index in [1.54, 1.807) is 22.7 Å². The number of nitrogens with zero attached hydrogens (tertiary/aromatic N) is 7. The number of pyridine rings is 1. The van der Waals surface area contributed by atoms with Crippen LogP contribution in [0.4, 0.5) is 0 Å². The average molecular weight is 470 g/mol. The molecule has 11 nitrogen and oxygen atoms in total. The minimum absolute atomic E-state index is 0.121. The number of aliphatic carboxylic acids is 1. The lowest BCUT2D eigenvalue weighted by molar-refractivity contribution is -0.143. The van der Waals surface area contributed by atoms with Crippen molar-refractivity contribution in [3.05, 3.63) is 29.8 Å². The summed E-state index contributed by atoms with van der Waals surface area (Å²) >= 11 is 0. The Morgan fingerprint density at radius 3 is 2.85 bits per heavy atom. The van der Waals surface area contributed by atoms with Crippen molar-refractivity contribution in [1.82, 2.24) is 34.7 Å². The topological polar surface area (TPSA) is 130 Å². The van der Waals surface area contributed by atoms with Crippen molar-refractivity contribution in [2.75, 3.05) is 0 Å². The van der Waals surface area contributed by atoms with Crippen LogP contribution in [0.25, 0.3) is 11.4 Å². The van der Waals surface area contributed by atoms with Crippen molar-refractivity contribution in [3.63, 3.8) is 0 Å². The Kier molecular flexibility index (Phi) is 7.09. The summed E-state index contributed by atoms with van der Waals surface area (Å²) < 4.78 is 15.3. The number of hydrogen-bond acceptors (Lipinski definition) is 8. The molecule has 0 bridgehead atoms. The molecule has 1 aliphatic rings. The van der Waals surface area contributed by atoms with Gasteiger partial charge in [0, 0.05) is 13.6 Å². The van der Waals surface area contributed by atoms with Crippen molar-refractivity contribution in [2.45, 2.75) is 65.7 Å². The Bertz CT molecular complexity index is 1140. The molecule has 3 aromatic heterocycles. The molecule has 1 N–H and O–H groups in total. The third-order valence-electron chi connectivity index (χ3n) is 5.90. The van der Waals surface area contributed by atoms with Crippen molar-refractivity contribution >= 4 is 5.97 Å². The molecule has 0 radical (unpaired) electrons. The van der Waals surface area contributed by atoms with Gasteiger partial charge >= 0.3 is 12.0 Å². The van der Waals surface area contributed by atoms with Crippen LogP contribution < -0.4 is 9.47 Å². The molecule has 4 rings (SSSR count). The lowest BCUT2D eigenvalue weighted by Crippen LogP contribution is -2.29. The zero-order valence-electron chi connectivity index (χ0n) is 20.0. The monoisotopic (exact) mass is 469 g/mol. The molecule has 2 atom stereocenters. The first-order valence-electron chi connectivity index (χ1n) is 11.6. The molecule has 0 amide bonds. The summed E-state index contributed by atoms with van der Waals surface area (Å²) in [7, 11) is 1.80. The zero-order chi connectivity index (χ0) is 24.2. The molecule has 11 heteroatoms. The van der Waals surface area contributed by atoms with E-state index in [1.165, 1.54) is 0 Å². The van der Waals surface area contributed by atoms with E-state index in [2.05, 4.69) is 39.2 Å². The van der Waals surface area contributed by atoms with E-state index < -0.39 is 5.97 Å². The Morgan fingerprint density at radius 1 is 1.29 bits per heavy atom. The van der Waals surface area contributed by atoms with E-state index in [4.69, 9.17) is 9.47 Å². The highest BCUT2D eigenvalue weighted by Crippen LogP contribution is 2.30. The Morgan fingerprint density at radius 2 is 2.12 bits per heavy atom. The molecule has 1 fully saturated rings. The van der Waals surface area contributed by atoms with Gasteiger partial charge in [0.1, 0.15) is 30.1 Å². The van der Waals surface area contributed by atoms with Crippen LogP contribution in [-0.4, -0.2) is 51.9 Å². The Hall–Kier alpha value is -3.50. The maximum Gasteiger partial charge on any atom is 0.335 e. The summed E-state index contributed by atoms with van der Waals surface area (Å²) in [4.78, 5) is 20.2. The summed E-state index contributed by atoms with van der Waals surface area (Å²) in [6, 6.07) is 3.99. The molecule has 0 aliphatic heterocycles. The molecular formula is C23H31N7O4. The van der Waals surface area contributed by atoms with Crippen LogP contribution >= 0.6 is 0 Å². The molecule has 0 aromatic carbocycles. The largest absolute Gasteiger partial charge is 0.489 e. The fourth-order valence-electron chi connectivity index (χ4n) is 4.14. The van der Waals surface area contributed by atoms with Crippen molar-refractivity contribution in [2.24, 2.45) is 18.9 Å². The second-order valence-corrected chi connectivity index (χ2v) is 9.16. The molecular weight excluding hydrogens is 438 g/mol. The minimum Gasteiger partial charge on any atom is -0.489 e. The Balaban J connectivity index is 1.45. The van der Waals surface area contributed by atoms with Crippen LogP contribution in [0.1, 0.15) is 50.9 Å². The standard InChI is InChI=1S/C23H31N7O4/c1-14(2)11-30-13-24-23(27-30)33-12-19-21(26-28-29(19)4)18-8-9-20(15(3)25-18)34-17-7-5-6-16(10-17)22(31)32/h8-9,13-14,16-17H,5-7,10-12H2,1-4H3,(H,31,32)/t16-,17-/m0/s1. The number of rotatable bonds is 9. The number of aromatic nitrogens is 7. The van der Waals surface area contributed by atoms with Gasteiger partial charge in [-0.2, -0.15) is 4.98 Å². The van der Waals surface area contributed by atoms with Gasteiger partial charge in [-0.15, -0.1) is 10.2 Å². The van der Waals surface area contributed by atoms with E-state index >= 15 is 0 Å². The second-order valence-electron chi connectivity index (χ2n) is 9.16. The fraction of sp³-hybridized carbons (Fsp3) is 0.565. The van der Waals surface area contributed by atoms with Crippen molar-refractivity contribution in [3.8, 4) is 23.1 Å². The summed E-state index contributed by atoms with van der Waals surface area (Å²) in [6.07, 6.45) is 4.45. The predicted octanol–water partition coefficient (Wildman–Crippen LogP) is 3.03. The second kappa shape index (κ2) is 10.2. The first-order valence-corrected chi connectivity index (χ1v) is 11.6. The summed E-state index contributed by atoms with van der Waals surface area (Å²) in [6.45, 7) is 7.06. The lowest BCUT2D eigenvalue weighted by atomic mass is 9.87. The van der Waals surface area contributed by atoms with Gasteiger partial charge in [-0.05, 0) is 50.7 Å². The maximum absolute atomic E-state index is 11.3. The van der Waals surface area contributed by atoms with Crippen LogP contribution in [0, 0.1) is 18.8 Å². The molecule has 0 unspecified atom stereocenters. The van der Waals surface area contributed by atoms with Crippen molar-refractivity contribution < 1.29 is 19.4 Å². The highest BCUT2D eigenvalue weighted by atomic mass is 16.5. The van der Waals surface area contributed by atoms with Gasteiger partial charge in [0.2, 0.25) is 0 Å². The molecule has 0 spiro atoms. The summed E-state index contributed by atoms with van der Waals surface area (Å²) in [5.41, 5.74) is 2.73. The lowest BCUT2D eigenvalue weighted by Gasteiger charge is -2.27. The number of aryl methyl sites for hydroxylation is 2. The highest BCUT2D eigenvalue weighted by Gasteiger charge is 2.28. The van der Waals surface area contributed by atoms with E-state index in [0.29, 0.717) is 47.6 Å². The third-order valence-corrected chi connectivity index (χ3v) is 5.90. The van der Waals surface area contributed by atoms with E-state index in [0.717, 1.165) is 25.1 Å². The highest BCUT2D eigenvalue weighted by molar-refractivity contribution is 5.70. The molecule has 3 aromatic rings. The molecule has 1 aliphatic carbocycles. The summed E-state index contributed by atoms with van der Waals surface area (Å²) in [5.74, 6) is 0.0132. The fourth-order valence-corrected chi connectivity index (χ4v) is 4.14. The molecule has 0 saturated heterocycles. The van der Waals surface area contributed by atoms with E-state index in [9.17, 15) is 9.90 Å². The van der Waals surface area contributed by atoms with E-state index in [1.807, 2.05) is 19.1 Å². The Labute approximate surface area is 198 Å². The molecule has 3 heterocycles. The normalized spacial score (nSPS) is 18.3. The van der Waals surface area contributed by atoms with E-state index in [-0.39, 0.29) is 18.6 Å². The molecule has 182 valence electrons. The van der Waals surface area contributed by atoms with Gasteiger partial charge in [-0.3, -0.25) is 4.79 Å². The first-order chi connectivity index (χ1) is 16.3. The van der Waals surface area contributed by atoms with Gasteiger partial charge in [0.25, 0.3) is 0 Å². The smallest absolute Gasteiger partial charge is 0.335 e. The van der Waals surface area contributed by atoms with Crippen molar-refractivity contribution in [1.29, 1.82) is 0 Å². The number of ether oxygens (including phenoxy) is 2. The first kappa shape index (κ1) is 23.7. The van der Waals surface area contributed by atoms with Crippen LogP contribution in [-0.2, 0) is 25.0 Å². The minimum atomic E-state index is -0.752. The quantitative estimate of drug-likeness (QED) is 0.502. The van der Waals surface area contributed by atoms with Gasteiger partial charge in [-0.25, -0.2) is 14.3 Å². The summed E-state index contributed by atoms with van der Waals surface area (Å²) in [5, 5.41) is 22.1. The predicted molar refractivity (Wildman–Crippen MR) is 122 cm³/mol. The number of carboxylic acids is 1. The van der Waals surface area contributed by atoms with Gasteiger partial charge in [0.05, 0.1) is 23.4 Å². The van der Waals surface area contributed by atoms with Crippen LogP contribution in [0.5, 0.6) is 11.8 Å².